The molecule has 10 heteroatoms. The van der Waals surface area contributed by atoms with Crippen molar-refractivity contribution in [2.45, 2.75) is 26.2 Å². The largest absolute Gasteiger partial charge is 0.508 e. The second-order valence-electron chi connectivity index (χ2n) is 7.73. The quantitative estimate of drug-likeness (QED) is 0.441. The Hall–Kier alpha value is -2.30. The molecule has 2 amide bonds. The minimum Gasteiger partial charge on any atom is -0.508 e. The van der Waals surface area contributed by atoms with E-state index in [1.807, 2.05) is 13.8 Å². The summed E-state index contributed by atoms with van der Waals surface area (Å²) in [5, 5.41) is 19.6. The molecule has 8 nitrogen and oxygen atoms in total. The molecule has 178 valence electrons. The fourth-order valence-electron chi connectivity index (χ4n) is 3.46. The highest BCUT2D eigenvalue weighted by molar-refractivity contribution is 9.11. The van der Waals surface area contributed by atoms with Crippen LogP contribution in [0, 0.1) is 0 Å². The second-order valence-corrected chi connectivity index (χ2v) is 9.44. The number of phenols is 1. The van der Waals surface area contributed by atoms with Crippen LogP contribution in [0.25, 0.3) is 0 Å². The number of aromatic hydroxyl groups is 1. The van der Waals surface area contributed by atoms with Gasteiger partial charge in [0, 0.05) is 24.3 Å². The highest BCUT2D eigenvalue weighted by Crippen LogP contribution is 2.41. The molecule has 0 radical (unpaired) electrons. The maximum absolute atomic E-state index is 13.0. The number of phenolic OH excluding ortho intramolecular Hbond substituents is 1. The van der Waals surface area contributed by atoms with E-state index in [0.717, 1.165) is 12.0 Å². The van der Waals surface area contributed by atoms with Gasteiger partial charge in [-0.25, -0.2) is 4.79 Å². The molecule has 1 aliphatic rings. The first-order valence-electron chi connectivity index (χ1n) is 10.6. The topological polar surface area (TPSA) is 99.5 Å². The van der Waals surface area contributed by atoms with Crippen molar-refractivity contribution in [2.75, 3.05) is 37.7 Å². The van der Waals surface area contributed by atoms with Crippen molar-refractivity contribution in [1.29, 1.82) is 0 Å². The number of hydrogen-bond acceptors (Lipinski definition) is 5. The number of anilines is 1. The first-order valence-corrected chi connectivity index (χ1v) is 12.2. The number of carboxylic acids is 1. The molecular weight excluding hydrogens is 560 g/mol. The number of carboxylic acid groups (broad SMARTS) is 1. The number of hydrogen-bond donors (Lipinski definition) is 2. The van der Waals surface area contributed by atoms with Gasteiger partial charge in [-0.15, -0.1) is 0 Å². The number of ether oxygens (including phenoxy) is 2. The van der Waals surface area contributed by atoms with E-state index in [1.165, 1.54) is 4.90 Å². The Labute approximate surface area is 209 Å². The third-order valence-electron chi connectivity index (χ3n) is 5.46. The summed E-state index contributed by atoms with van der Waals surface area (Å²) in [7, 11) is 0. The van der Waals surface area contributed by atoms with Crippen LogP contribution in [0.5, 0.6) is 17.2 Å². The molecule has 2 aromatic rings. The molecule has 1 unspecified atom stereocenters. The Bertz CT molecular complexity index is 1000. The van der Waals surface area contributed by atoms with Crippen LogP contribution < -0.4 is 9.64 Å². The van der Waals surface area contributed by atoms with E-state index < -0.39 is 18.5 Å². The number of urea groups is 1. The molecule has 0 aromatic heterocycles. The van der Waals surface area contributed by atoms with Crippen LogP contribution in [0.1, 0.15) is 31.7 Å². The lowest BCUT2D eigenvalue weighted by molar-refractivity contribution is -0.135. The molecule has 1 fully saturated rings. The minimum atomic E-state index is -1.12. The fourth-order valence-corrected chi connectivity index (χ4v) is 4.78. The molecule has 0 bridgehead atoms. The lowest BCUT2D eigenvalue weighted by atomic mass is 9.97. The Morgan fingerprint density at radius 1 is 1.18 bits per heavy atom. The summed E-state index contributed by atoms with van der Waals surface area (Å²) in [6, 6.07) is 7.98. The molecule has 2 aromatic carbocycles. The minimum absolute atomic E-state index is 0.165. The van der Waals surface area contributed by atoms with E-state index in [1.54, 1.807) is 35.2 Å². The smallest absolute Gasteiger partial charge is 0.325 e. The zero-order valence-electron chi connectivity index (χ0n) is 18.4. The van der Waals surface area contributed by atoms with Crippen LogP contribution in [-0.4, -0.2) is 60.0 Å². The molecule has 2 N–H and O–H groups in total. The molecule has 0 saturated carbocycles. The van der Waals surface area contributed by atoms with Crippen molar-refractivity contribution in [3.8, 4) is 17.2 Å². The zero-order valence-corrected chi connectivity index (χ0v) is 21.6. The zero-order chi connectivity index (χ0) is 24.1. The van der Waals surface area contributed by atoms with Gasteiger partial charge in [-0.05, 0) is 74.5 Å². The van der Waals surface area contributed by atoms with Gasteiger partial charge in [0.25, 0.3) is 0 Å². The van der Waals surface area contributed by atoms with Crippen LogP contribution in [0.15, 0.2) is 39.3 Å². The van der Waals surface area contributed by atoms with Crippen LogP contribution in [0.2, 0.25) is 0 Å². The third-order valence-corrected chi connectivity index (χ3v) is 6.64. The van der Waals surface area contributed by atoms with Gasteiger partial charge in [-0.1, -0.05) is 13.8 Å². The first-order chi connectivity index (χ1) is 15.7. The van der Waals surface area contributed by atoms with E-state index in [2.05, 4.69) is 31.9 Å². The van der Waals surface area contributed by atoms with Crippen molar-refractivity contribution in [1.82, 2.24) is 4.90 Å². The SMILES string of the molecule is CCC(C)c1cc(Oc2c(Br)cc(N(CC(=O)O)C(=O)N3CCOCC3)cc2Br)ccc1O. The van der Waals surface area contributed by atoms with Gasteiger partial charge in [0.15, 0.2) is 5.75 Å². The summed E-state index contributed by atoms with van der Waals surface area (Å²) < 4.78 is 12.4. The van der Waals surface area contributed by atoms with Crippen molar-refractivity contribution in [2.24, 2.45) is 0 Å². The lowest BCUT2D eigenvalue weighted by Crippen LogP contribution is -2.49. The van der Waals surface area contributed by atoms with Gasteiger partial charge in [0.2, 0.25) is 0 Å². The number of carbonyl (C=O) groups excluding carboxylic acids is 1. The summed E-state index contributed by atoms with van der Waals surface area (Å²) >= 11 is 6.97. The normalized spacial score (nSPS) is 14.6. The third kappa shape index (κ3) is 6.18. The van der Waals surface area contributed by atoms with Gasteiger partial charge < -0.3 is 24.6 Å². The lowest BCUT2D eigenvalue weighted by Gasteiger charge is -2.32. The fraction of sp³-hybridized carbons (Fsp3) is 0.391. The predicted molar refractivity (Wildman–Crippen MR) is 131 cm³/mol. The molecule has 1 heterocycles. The van der Waals surface area contributed by atoms with Gasteiger partial charge in [-0.2, -0.15) is 0 Å². The molecule has 1 atom stereocenters. The van der Waals surface area contributed by atoms with Gasteiger partial charge in [0.1, 0.15) is 18.0 Å². The van der Waals surface area contributed by atoms with Crippen molar-refractivity contribution >= 4 is 49.5 Å². The first kappa shape index (κ1) is 25.3. The van der Waals surface area contributed by atoms with E-state index in [9.17, 15) is 19.8 Å². The number of rotatable bonds is 7. The average molecular weight is 586 g/mol. The standard InChI is InChI=1S/C23H26Br2N2O6/c1-3-14(2)17-12-16(4-5-20(17)28)33-22-18(24)10-15(11-19(22)25)27(13-21(29)30)23(31)26-6-8-32-9-7-26/h4-5,10-12,14,28H,3,6-9,13H2,1-2H3,(H,29,30). The van der Waals surface area contributed by atoms with Crippen LogP contribution >= 0.6 is 31.9 Å². The molecule has 33 heavy (non-hydrogen) atoms. The molecule has 3 rings (SSSR count). The summed E-state index contributed by atoms with van der Waals surface area (Å²) in [5.74, 6) is 0.276. The molecule has 0 spiro atoms. The maximum Gasteiger partial charge on any atom is 0.325 e. The van der Waals surface area contributed by atoms with Crippen molar-refractivity contribution in [3.63, 3.8) is 0 Å². The summed E-state index contributed by atoms with van der Waals surface area (Å²) in [4.78, 5) is 27.3. The van der Waals surface area contributed by atoms with E-state index in [-0.39, 0.29) is 11.7 Å². The summed E-state index contributed by atoms with van der Waals surface area (Å²) in [6.07, 6.45) is 0.871. The van der Waals surface area contributed by atoms with Gasteiger partial charge in [-0.3, -0.25) is 9.69 Å². The van der Waals surface area contributed by atoms with E-state index in [4.69, 9.17) is 9.47 Å². The van der Waals surface area contributed by atoms with Crippen molar-refractivity contribution < 1.29 is 29.3 Å². The molecular formula is C23H26Br2N2O6. The Kier molecular flexibility index (Phi) is 8.61. The average Bonchev–Trinajstić information content (AvgIpc) is 2.80. The summed E-state index contributed by atoms with van der Waals surface area (Å²) in [6.45, 7) is 5.23. The maximum atomic E-state index is 13.0. The number of halogens is 2. The number of carbonyl (C=O) groups is 2. The van der Waals surface area contributed by atoms with E-state index in [0.29, 0.717) is 52.4 Å². The number of morpholine rings is 1. The predicted octanol–water partition coefficient (Wildman–Crippen LogP) is 5.57. The van der Waals surface area contributed by atoms with Crippen LogP contribution in [0.4, 0.5) is 10.5 Å². The highest BCUT2D eigenvalue weighted by Gasteiger charge is 2.27. The molecule has 1 saturated heterocycles. The number of amides is 2. The van der Waals surface area contributed by atoms with Crippen LogP contribution in [0.3, 0.4) is 0 Å². The van der Waals surface area contributed by atoms with Crippen molar-refractivity contribution in [3.05, 3.63) is 44.8 Å². The molecule has 1 aliphatic heterocycles. The second kappa shape index (κ2) is 11.2. The summed E-state index contributed by atoms with van der Waals surface area (Å²) in [5.41, 5.74) is 1.20. The Morgan fingerprint density at radius 2 is 1.82 bits per heavy atom. The number of nitrogens with zero attached hydrogens (tertiary/aromatic N) is 2. The molecule has 0 aliphatic carbocycles. The monoisotopic (exact) mass is 584 g/mol. The van der Waals surface area contributed by atoms with Gasteiger partial charge >= 0.3 is 12.0 Å². The van der Waals surface area contributed by atoms with E-state index >= 15 is 0 Å². The van der Waals surface area contributed by atoms with Crippen LogP contribution in [-0.2, 0) is 9.53 Å². The number of benzene rings is 2. The number of aliphatic carboxylic acids is 1. The van der Waals surface area contributed by atoms with Gasteiger partial charge in [0.05, 0.1) is 22.2 Å². The highest BCUT2D eigenvalue weighted by atomic mass is 79.9. The Morgan fingerprint density at radius 3 is 2.39 bits per heavy atom. The Balaban J connectivity index is 1.90.